The molecule has 0 spiro atoms. The summed E-state index contributed by atoms with van der Waals surface area (Å²) in [6.45, 7) is 6.12. The molecule has 5 unspecified atom stereocenters. The second kappa shape index (κ2) is 8.56. The van der Waals surface area contributed by atoms with Crippen LogP contribution in [0.2, 0.25) is 0 Å². The average molecular weight is 467 g/mol. The number of hydrogen-bond donors (Lipinski definition) is 5. The summed E-state index contributed by atoms with van der Waals surface area (Å²) in [6.07, 6.45) is -0.262. The van der Waals surface area contributed by atoms with Crippen LogP contribution in [0.25, 0.3) is 0 Å². The van der Waals surface area contributed by atoms with E-state index in [9.17, 15) is 24.6 Å². The number of thioether (sulfide) groups is 1. The first-order chi connectivity index (χ1) is 15.1. The second-order valence-corrected chi connectivity index (χ2v) is 10.2. The number of nitrogens with two attached hydrogens (primary N) is 1. The van der Waals surface area contributed by atoms with Crippen molar-refractivity contribution in [3.05, 3.63) is 10.6 Å². The molecule has 2 amide bonds. The first-order valence-corrected chi connectivity index (χ1v) is 11.8. The molecule has 0 aromatic carbocycles. The molecule has 4 aliphatic rings. The van der Waals surface area contributed by atoms with Gasteiger partial charge in [0.2, 0.25) is 11.8 Å². The highest BCUT2D eigenvalue weighted by atomic mass is 32.2. The summed E-state index contributed by atoms with van der Waals surface area (Å²) in [5, 5.41) is 30.5. The number of carboxylic acid groups (broad SMARTS) is 1. The maximum Gasteiger partial charge on any atom is 0.353 e. The van der Waals surface area contributed by atoms with Gasteiger partial charge in [-0.15, -0.1) is 11.8 Å². The van der Waals surface area contributed by atoms with E-state index < -0.39 is 18.0 Å². The van der Waals surface area contributed by atoms with E-state index in [-0.39, 0.29) is 46.7 Å². The third kappa shape index (κ3) is 3.73. The zero-order valence-electron chi connectivity index (χ0n) is 18.2. The van der Waals surface area contributed by atoms with Gasteiger partial charge in [-0.2, -0.15) is 0 Å². The van der Waals surface area contributed by atoms with Crippen LogP contribution in [0.3, 0.4) is 0 Å². The van der Waals surface area contributed by atoms with Gasteiger partial charge in [-0.3, -0.25) is 15.0 Å². The minimum absolute atomic E-state index is 0.00746. The molecule has 6 atom stereocenters. The third-order valence-corrected chi connectivity index (χ3v) is 8.44. The molecule has 11 nitrogen and oxygen atoms in total. The Morgan fingerprint density at radius 1 is 1.25 bits per heavy atom. The van der Waals surface area contributed by atoms with Gasteiger partial charge in [0.15, 0.2) is 5.96 Å². The molecular formula is C20H30N6O5S. The lowest BCUT2D eigenvalue weighted by Gasteiger charge is -2.46. The van der Waals surface area contributed by atoms with Gasteiger partial charge in [-0.05, 0) is 13.3 Å². The summed E-state index contributed by atoms with van der Waals surface area (Å²) in [4.78, 5) is 42.9. The van der Waals surface area contributed by atoms with Crippen LogP contribution in [0.15, 0.2) is 10.6 Å². The SMILES string of the molecule is CC(O)C1C(=O)N2C(C(=O)O)=C(SC3CNC(C(=O)N4CCN(C(=N)N)CC4)C3)C(C)[C@H]12. The van der Waals surface area contributed by atoms with Crippen molar-refractivity contribution in [1.82, 2.24) is 20.0 Å². The maximum atomic E-state index is 12.9. The van der Waals surface area contributed by atoms with Crippen molar-refractivity contribution in [2.24, 2.45) is 17.6 Å². The number of β-lactam (4-membered cyclic amide) rings is 1. The number of fused-ring (bicyclic) bond motifs is 1. The lowest BCUT2D eigenvalue weighted by atomic mass is 9.79. The number of aliphatic hydroxyl groups excluding tert-OH is 1. The molecule has 4 aliphatic heterocycles. The van der Waals surface area contributed by atoms with Crippen molar-refractivity contribution in [3.63, 3.8) is 0 Å². The number of piperazine rings is 1. The Balaban J connectivity index is 1.40. The van der Waals surface area contributed by atoms with Gasteiger partial charge in [-0.25, -0.2) is 4.79 Å². The maximum absolute atomic E-state index is 12.9. The fourth-order valence-corrected chi connectivity index (χ4v) is 6.71. The Kier molecular flexibility index (Phi) is 6.12. The van der Waals surface area contributed by atoms with Crippen molar-refractivity contribution in [2.45, 2.75) is 43.7 Å². The molecule has 0 aromatic heterocycles. The topological polar surface area (TPSA) is 163 Å². The van der Waals surface area contributed by atoms with Gasteiger partial charge in [0, 0.05) is 48.8 Å². The van der Waals surface area contributed by atoms with E-state index in [0.29, 0.717) is 44.0 Å². The van der Waals surface area contributed by atoms with E-state index in [2.05, 4.69) is 5.32 Å². The first-order valence-electron chi connectivity index (χ1n) is 10.9. The van der Waals surface area contributed by atoms with E-state index >= 15 is 0 Å². The van der Waals surface area contributed by atoms with Crippen LogP contribution in [0.5, 0.6) is 0 Å². The van der Waals surface area contributed by atoms with E-state index in [1.165, 1.54) is 16.7 Å². The molecule has 4 rings (SSSR count). The van der Waals surface area contributed by atoms with Crippen molar-refractivity contribution >= 4 is 35.5 Å². The minimum atomic E-state index is -1.14. The van der Waals surface area contributed by atoms with Crippen LogP contribution in [-0.4, -0.2) is 105 Å². The number of amides is 2. The molecule has 0 aliphatic carbocycles. The third-order valence-electron chi connectivity index (χ3n) is 6.93. The number of carbonyl (C=O) groups is 3. The molecule has 0 radical (unpaired) electrons. The number of aliphatic hydroxyl groups is 1. The number of aliphatic carboxylic acids is 1. The van der Waals surface area contributed by atoms with Crippen LogP contribution >= 0.6 is 11.8 Å². The average Bonchev–Trinajstić information content (AvgIpc) is 3.29. The fraction of sp³-hybridized carbons (Fsp3) is 0.700. The Morgan fingerprint density at radius 3 is 2.44 bits per heavy atom. The first kappa shape index (κ1) is 22.9. The highest BCUT2D eigenvalue weighted by Crippen LogP contribution is 2.51. The molecule has 3 saturated heterocycles. The minimum Gasteiger partial charge on any atom is -0.477 e. The summed E-state index contributed by atoms with van der Waals surface area (Å²) in [5.74, 6) is -2.22. The molecular weight excluding hydrogens is 436 g/mol. The van der Waals surface area contributed by atoms with Crippen LogP contribution in [0.4, 0.5) is 0 Å². The molecule has 4 heterocycles. The van der Waals surface area contributed by atoms with Crippen molar-refractivity contribution in [3.8, 4) is 0 Å². The van der Waals surface area contributed by atoms with Crippen LogP contribution in [0.1, 0.15) is 20.3 Å². The number of rotatable bonds is 5. The molecule has 32 heavy (non-hydrogen) atoms. The Labute approximate surface area is 190 Å². The molecule has 0 saturated carbocycles. The van der Waals surface area contributed by atoms with E-state index in [1.807, 2.05) is 6.92 Å². The molecule has 6 N–H and O–H groups in total. The number of nitrogens with one attached hydrogen (secondary N) is 2. The van der Waals surface area contributed by atoms with Gasteiger partial charge in [0.25, 0.3) is 0 Å². The van der Waals surface area contributed by atoms with Crippen molar-refractivity contribution in [1.29, 1.82) is 5.41 Å². The monoisotopic (exact) mass is 466 g/mol. The molecule has 0 bridgehead atoms. The fourth-order valence-electron chi connectivity index (χ4n) is 5.23. The van der Waals surface area contributed by atoms with Gasteiger partial charge in [0.05, 0.1) is 24.1 Å². The van der Waals surface area contributed by atoms with E-state index in [1.54, 1.807) is 16.7 Å². The Hall–Kier alpha value is -2.31. The van der Waals surface area contributed by atoms with Crippen molar-refractivity contribution in [2.75, 3.05) is 32.7 Å². The van der Waals surface area contributed by atoms with Crippen LogP contribution < -0.4 is 11.1 Å². The number of guanidine groups is 1. The molecule has 3 fully saturated rings. The van der Waals surface area contributed by atoms with E-state index in [0.717, 1.165) is 0 Å². The van der Waals surface area contributed by atoms with Gasteiger partial charge in [0.1, 0.15) is 5.70 Å². The highest BCUT2D eigenvalue weighted by molar-refractivity contribution is 8.03. The summed E-state index contributed by atoms with van der Waals surface area (Å²) in [6, 6.07) is -0.675. The summed E-state index contributed by atoms with van der Waals surface area (Å²) in [7, 11) is 0. The summed E-state index contributed by atoms with van der Waals surface area (Å²) in [5.41, 5.74) is 5.53. The zero-order chi connectivity index (χ0) is 23.3. The Bertz CT molecular complexity index is 871. The zero-order valence-corrected chi connectivity index (χ0v) is 19.0. The number of carbonyl (C=O) groups excluding carboxylic acids is 2. The predicted octanol–water partition coefficient (Wildman–Crippen LogP) is -1.36. The molecule has 176 valence electrons. The van der Waals surface area contributed by atoms with Gasteiger partial charge in [-0.1, -0.05) is 6.92 Å². The highest BCUT2D eigenvalue weighted by Gasteiger charge is 2.60. The molecule has 0 aromatic rings. The lowest BCUT2D eigenvalue weighted by Crippen LogP contribution is -2.63. The quantitative estimate of drug-likeness (QED) is 0.187. The standard InChI is InChI=1S/C20H30N6O5S/c1-9-14-13(10(2)27)18(29)26(14)15(19(30)31)16(9)32-11-7-12(23-8-11)17(28)24-3-5-25(6-4-24)20(21)22/h9-14,23,27H,3-8H2,1-2H3,(H3,21,22)(H,30,31)/t9?,10?,11?,12?,13?,14-/m1/s1. The largest absolute Gasteiger partial charge is 0.477 e. The van der Waals surface area contributed by atoms with Crippen LogP contribution in [0, 0.1) is 17.2 Å². The Morgan fingerprint density at radius 2 is 1.88 bits per heavy atom. The van der Waals surface area contributed by atoms with Gasteiger partial charge >= 0.3 is 5.97 Å². The van der Waals surface area contributed by atoms with Gasteiger partial charge < -0.3 is 36.0 Å². The summed E-state index contributed by atoms with van der Waals surface area (Å²) < 4.78 is 0. The lowest BCUT2D eigenvalue weighted by molar-refractivity contribution is -0.163. The van der Waals surface area contributed by atoms with E-state index in [4.69, 9.17) is 11.1 Å². The second-order valence-electron chi connectivity index (χ2n) is 8.91. The summed E-state index contributed by atoms with van der Waals surface area (Å²) >= 11 is 1.43. The smallest absolute Gasteiger partial charge is 0.353 e. The number of nitrogens with zero attached hydrogens (tertiary/aromatic N) is 3. The number of carboxylic acids is 1. The van der Waals surface area contributed by atoms with Crippen molar-refractivity contribution < 1.29 is 24.6 Å². The predicted molar refractivity (Wildman–Crippen MR) is 117 cm³/mol. The normalized spacial score (nSPS) is 33.3. The van der Waals surface area contributed by atoms with Crippen LogP contribution in [-0.2, 0) is 14.4 Å². The molecule has 12 heteroatoms. The number of hydrogen-bond acceptors (Lipinski definition) is 7.